The Balaban J connectivity index is 1.65. The standard InChI is InChI=1S/C18H34N2O14/c19-7-12(26)9(23)4(1-21)32-17(7)30-3-6-11(25)15(14(28)16(29)31-6)34-18-8(20)13(27)10(24)5(2-22)33-18/h4-18,21-29H,1-3,19-20H2/t4-,5-,6-,7-,8-,9-,10-,11-,12-,13-,14+,15+,16+,17-,18+/m1/s1. The quantitative estimate of drug-likeness (QED) is 0.154. The summed E-state index contributed by atoms with van der Waals surface area (Å²) in [5.74, 6) is 0. The third-order valence-corrected chi connectivity index (χ3v) is 6.23. The Hall–Kier alpha value is -0.640. The van der Waals surface area contributed by atoms with Gasteiger partial charge in [-0.2, -0.15) is 0 Å². The van der Waals surface area contributed by atoms with Crippen molar-refractivity contribution in [1.82, 2.24) is 0 Å². The summed E-state index contributed by atoms with van der Waals surface area (Å²) < 4.78 is 26.7. The van der Waals surface area contributed by atoms with Crippen LogP contribution in [0.5, 0.6) is 0 Å². The molecule has 0 aromatic heterocycles. The zero-order valence-corrected chi connectivity index (χ0v) is 18.0. The topological polar surface area (TPSA) is 280 Å². The summed E-state index contributed by atoms with van der Waals surface area (Å²) in [6.07, 6.45) is -19.5. The zero-order valence-electron chi connectivity index (χ0n) is 18.0. The minimum atomic E-state index is -1.86. The third kappa shape index (κ3) is 5.52. The molecule has 0 spiro atoms. The molecular formula is C18H34N2O14. The van der Waals surface area contributed by atoms with E-state index < -0.39 is 112 Å². The second-order valence-electron chi connectivity index (χ2n) is 8.55. The van der Waals surface area contributed by atoms with Gasteiger partial charge in [0.15, 0.2) is 18.9 Å². The highest BCUT2D eigenvalue weighted by Gasteiger charge is 2.50. The van der Waals surface area contributed by atoms with Crippen LogP contribution < -0.4 is 11.5 Å². The van der Waals surface area contributed by atoms with Crippen LogP contribution in [-0.2, 0) is 23.7 Å². The Kier molecular flexibility index (Phi) is 9.54. The molecule has 0 aromatic carbocycles. The molecule has 3 rings (SSSR count). The van der Waals surface area contributed by atoms with Crippen molar-refractivity contribution >= 4 is 0 Å². The Morgan fingerprint density at radius 2 is 1.09 bits per heavy atom. The van der Waals surface area contributed by atoms with Crippen LogP contribution in [-0.4, -0.2) is 158 Å². The van der Waals surface area contributed by atoms with E-state index in [0.717, 1.165) is 0 Å². The molecule has 34 heavy (non-hydrogen) atoms. The highest BCUT2D eigenvalue weighted by Crippen LogP contribution is 2.29. The first-order valence-electron chi connectivity index (χ1n) is 10.7. The average Bonchev–Trinajstić information content (AvgIpc) is 2.82. The maximum atomic E-state index is 10.7. The van der Waals surface area contributed by atoms with Crippen LogP contribution in [0.3, 0.4) is 0 Å². The number of nitrogens with two attached hydrogens (primary N) is 2. The normalized spacial score (nSPS) is 52.5. The first-order chi connectivity index (χ1) is 16.0. The first-order valence-corrected chi connectivity index (χ1v) is 10.7. The summed E-state index contributed by atoms with van der Waals surface area (Å²) in [5.41, 5.74) is 11.6. The summed E-state index contributed by atoms with van der Waals surface area (Å²) in [7, 11) is 0. The molecule has 0 aliphatic carbocycles. The van der Waals surface area contributed by atoms with E-state index in [1.165, 1.54) is 0 Å². The molecule has 0 aromatic rings. The van der Waals surface area contributed by atoms with E-state index in [-0.39, 0.29) is 0 Å². The van der Waals surface area contributed by atoms with Gasteiger partial charge in [-0.3, -0.25) is 0 Å². The highest BCUT2D eigenvalue weighted by atomic mass is 16.7. The molecule has 16 nitrogen and oxygen atoms in total. The highest BCUT2D eigenvalue weighted by molar-refractivity contribution is 4.96. The lowest BCUT2D eigenvalue weighted by atomic mass is 9.96. The lowest BCUT2D eigenvalue weighted by Gasteiger charge is -2.46. The van der Waals surface area contributed by atoms with E-state index in [4.69, 9.17) is 35.2 Å². The number of aliphatic hydroxyl groups excluding tert-OH is 9. The van der Waals surface area contributed by atoms with E-state index in [2.05, 4.69) is 0 Å². The minimum Gasteiger partial charge on any atom is -0.394 e. The molecule has 0 unspecified atom stereocenters. The fraction of sp³-hybridized carbons (Fsp3) is 1.00. The Morgan fingerprint density at radius 1 is 0.588 bits per heavy atom. The monoisotopic (exact) mass is 502 g/mol. The number of aliphatic hydroxyl groups is 9. The molecule has 3 saturated heterocycles. The Morgan fingerprint density at radius 3 is 1.62 bits per heavy atom. The summed E-state index contributed by atoms with van der Waals surface area (Å²) in [6, 6.07) is -2.55. The van der Waals surface area contributed by atoms with Gasteiger partial charge >= 0.3 is 0 Å². The molecule has 200 valence electrons. The van der Waals surface area contributed by atoms with Gasteiger partial charge in [0.25, 0.3) is 0 Å². The maximum absolute atomic E-state index is 10.7. The van der Waals surface area contributed by atoms with Crippen molar-refractivity contribution in [3.05, 3.63) is 0 Å². The average molecular weight is 502 g/mol. The SMILES string of the molecule is N[C@H]1[C@H](OC[C@H]2O[C@H](O)[C@@H](O)[C@@H](O[C@@H]3O[C@H](CO)[C@@H](O)[C@H](O)[C@H]3N)[C@@H]2O)O[C@H](CO)[C@@H](O)[C@@H]1O. The van der Waals surface area contributed by atoms with Gasteiger partial charge in [0.2, 0.25) is 0 Å². The second kappa shape index (κ2) is 11.6. The van der Waals surface area contributed by atoms with Crippen molar-refractivity contribution in [3.8, 4) is 0 Å². The predicted octanol–water partition coefficient (Wildman–Crippen LogP) is -7.64. The van der Waals surface area contributed by atoms with Gasteiger partial charge in [0, 0.05) is 0 Å². The van der Waals surface area contributed by atoms with E-state index in [1.54, 1.807) is 0 Å². The first kappa shape index (κ1) is 27.9. The summed E-state index contributed by atoms with van der Waals surface area (Å²) in [5, 5.41) is 89.5. The van der Waals surface area contributed by atoms with Crippen LogP contribution in [0, 0.1) is 0 Å². The van der Waals surface area contributed by atoms with Crippen LogP contribution >= 0.6 is 0 Å². The molecule has 0 amide bonds. The van der Waals surface area contributed by atoms with E-state index in [9.17, 15) is 46.0 Å². The second-order valence-corrected chi connectivity index (χ2v) is 8.55. The fourth-order valence-electron chi connectivity index (χ4n) is 4.04. The van der Waals surface area contributed by atoms with Gasteiger partial charge in [0.05, 0.1) is 31.9 Å². The molecule has 0 radical (unpaired) electrons. The summed E-state index contributed by atoms with van der Waals surface area (Å²) in [6.45, 7) is -1.81. The van der Waals surface area contributed by atoms with Gasteiger partial charge < -0.3 is 81.1 Å². The van der Waals surface area contributed by atoms with Crippen LogP contribution in [0.15, 0.2) is 0 Å². The van der Waals surface area contributed by atoms with Crippen molar-refractivity contribution in [2.45, 2.75) is 92.0 Å². The van der Waals surface area contributed by atoms with Crippen molar-refractivity contribution in [2.24, 2.45) is 11.5 Å². The third-order valence-electron chi connectivity index (χ3n) is 6.23. The molecule has 0 saturated carbocycles. The zero-order chi connectivity index (χ0) is 25.3. The van der Waals surface area contributed by atoms with Gasteiger partial charge in [-0.05, 0) is 0 Å². The number of ether oxygens (including phenoxy) is 5. The molecule has 3 aliphatic heterocycles. The maximum Gasteiger partial charge on any atom is 0.184 e. The van der Waals surface area contributed by atoms with Crippen LogP contribution in [0.1, 0.15) is 0 Å². The van der Waals surface area contributed by atoms with E-state index in [0.29, 0.717) is 0 Å². The van der Waals surface area contributed by atoms with Crippen LogP contribution in [0.25, 0.3) is 0 Å². The fourth-order valence-corrected chi connectivity index (χ4v) is 4.04. The van der Waals surface area contributed by atoms with Crippen LogP contribution in [0.2, 0.25) is 0 Å². The summed E-state index contributed by atoms with van der Waals surface area (Å²) in [4.78, 5) is 0. The van der Waals surface area contributed by atoms with Gasteiger partial charge in [0.1, 0.15) is 61.0 Å². The molecule has 3 heterocycles. The van der Waals surface area contributed by atoms with Gasteiger partial charge in [-0.15, -0.1) is 0 Å². The Bertz CT molecular complexity index is 646. The lowest BCUT2D eigenvalue weighted by Crippen LogP contribution is -2.66. The molecular weight excluding hydrogens is 468 g/mol. The number of hydrogen-bond donors (Lipinski definition) is 11. The smallest absolute Gasteiger partial charge is 0.184 e. The van der Waals surface area contributed by atoms with Crippen molar-refractivity contribution in [2.75, 3.05) is 19.8 Å². The van der Waals surface area contributed by atoms with E-state index in [1.807, 2.05) is 0 Å². The Labute approximate surface area is 193 Å². The van der Waals surface area contributed by atoms with Crippen LogP contribution in [0.4, 0.5) is 0 Å². The van der Waals surface area contributed by atoms with E-state index >= 15 is 0 Å². The molecule has 0 bridgehead atoms. The molecule has 3 aliphatic rings. The van der Waals surface area contributed by atoms with Crippen molar-refractivity contribution < 1.29 is 69.6 Å². The molecule has 16 heteroatoms. The van der Waals surface area contributed by atoms with Crippen molar-refractivity contribution in [1.29, 1.82) is 0 Å². The van der Waals surface area contributed by atoms with Gasteiger partial charge in [-0.1, -0.05) is 0 Å². The molecule has 13 N–H and O–H groups in total. The lowest BCUT2D eigenvalue weighted by molar-refractivity contribution is -0.346. The van der Waals surface area contributed by atoms with Gasteiger partial charge in [-0.25, -0.2) is 0 Å². The molecule has 3 fully saturated rings. The molecule has 15 atom stereocenters. The predicted molar refractivity (Wildman–Crippen MR) is 105 cm³/mol. The minimum absolute atomic E-state index is 0.498. The number of rotatable bonds is 7. The largest absolute Gasteiger partial charge is 0.394 e. The number of hydrogen-bond acceptors (Lipinski definition) is 16. The van der Waals surface area contributed by atoms with Crippen molar-refractivity contribution in [3.63, 3.8) is 0 Å². The summed E-state index contributed by atoms with van der Waals surface area (Å²) >= 11 is 0.